The molecule has 1 atom stereocenters. The highest BCUT2D eigenvalue weighted by atomic mass is 32.2. The van der Waals surface area contributed by atoms with E-state index >= 15 is 0 Å². The van der Waals surface area contributed by atoms with Gasteiger partial charge in [0.15, 0.2) is 0 Å². The Morgan fingerprint density at radius 2 is 1.94 bits per heavy atom. The van der Waals surface area contributed by atoms with Crippen LogP contribution < -0.4 is 10.6 Å². The Labute approximate surface area is 102 Å². The molecular weight excluding hydrogens is 240 g/mol. The quantitative estimate of drug-likeness (QED) is 0.807. The first-order chi connectivity index (χ1) is 7.83. The van der Waals surface area contributed by atoms with Gasteiger partial charge in [-0.3, -0.25) is 0 Å². The monoisotopic (exact) mass is 258 g/mol. The van der Waals surface area contributed by atoms with Gasteiger partial charge in [0.25, 0.3) is 0 Å². The van der Waals surface area contributed by atoms with Crippen LogP contribution >= 0.6 is 0 Å². The summed E-state index contributed by atoms with van der Waals surface area (Å²) < 4.78 is 22.3. The topological polar surface area (TPSA) is 84.0 Å². The average molecular weight is 258 g/mol. The van der Waals surface area contributed by atoms with E-state index in [1.165, 1.54) is 12.6 Å². The molecule has 0 amide bonds. The third kappa shape index (κ3) is 4.18. The Balaban J connectivity index is 2.82. The molecule has 0 aliphatic heterocycles. The largest absolute Gasteiger partial charge is 0.373 e. The molecule has 1 aromatic rings. The van der Waals surface area contributed by atoms with Gasteiger partial charge in [-0.2, -0.15) is 0 Å². The number of aromatic nitrogens is 2. The van der Waals surface area contributed by atoms with E-state index in [1.54, 1.807) is 7.05 Å². The van der Waals surface area contributed by atoms with Gasteiger partial charge in [-0.25, -0.2) is 18.4 Å². The van der Waals surface area contributed by atoms with Gasteiger partial charge in [-0.1, -0.05) is 0 Å². The van der Waals surface area contributed by atoms with E-state index in [0.29, 0.717) is 5.82 Å². The molecule has 6 nitrogen and oxygen atoms in total. The van der Waals surface area contributed by atoms with E-state index in [4.69, 9.17) is 0 Å². The minimum atomic E-state index is -2.99. The highest BCUT2D eigenvalue weighted by molar-refractivity contribution is 7.90. The van der Waals surface area contributed by atoms with Gasteiger partial charge in [0, 0.05) is 24.9 Å². The molecule has 0 saturated carbocycles. The van der Waals surface area contributed by atoms with Crippen LogP contribution in [0.1, 0.15) is 12.5 Å². The van der Waals surface area contributed by atoms with E-state index in [0.717, 1.165) is 11.4 Å². The van der Waals surface area contributed by atoms with Crippen molar-refractivity contribution >= 4 is 21.5 Å². The van der Waals surface area contributed by atoms with E-state index < -0.39 is 9.84 Å². The van der Waals surface area contributed by atoms with Crippen LogP contribution in [-0.4, -0.2) is 43.5 Å². The fraction of sp³-hybridized carbons (Fsp3) is 0.600. The molecule has 96 valence electrons. The van der Waals surface area contributed by atoms with Gasteiger partial charge in [0.05, 0.1) is 5.75 Å². The summed E-state index contributed by atoms with van der Waals surface area (Å²) in [5, 5.41) is 6.02. The third-order valence-corrected chi connectivity index (χ3v) is 3.36. The van der Waals surface area contributed by atoms with Crippen LogP contribution in [0.15, 0.2) is 6.33 Å². The van der Waals surface area contributed by atoms with Crippen LogP contribution in [0.5, 0.6) is 0 Å². The molecule has 2 N–H and O–H groups in total. The van der Waals surface area contributed by atoms with E-state index in [9.17, 15) is 8.42 Å². The van der Waals surface area contributed by atoms with Gasteiger partial charge in [0.1, 0.15) is 27.8 Å². The number of rotatable bonds is 5. The zero-order valence-corrected chi connectivity index (χ0v) is 11.3. The van der Waals surface area contributed by atoms with Crippen molar-refractivity contribution < 1.29 is 8.42 Å². The van der Waals surface area contributed by atoms with Crippen LogP contribution in [0.3, 0.4) is 0 Å². The highest BCUT2D eigenvalue weighted by Crippen LogP contribution is 2.18. The minimum absolute atomic E-state index is 0.0747. The van der Waals surface area contributed by atoms with Crippen molar-refractivity contribution in [3.63, 3.8) is 0 Å². The molecule has 1 aromatic heterocycles. The van der Waals surface area contributed by atoms with Crippen molar-refractivity contribution in [3.05, 3.63) is 11.9 Å². The number of hydrogen-bond donors (Lipinski definition) is 2. The van der Waals surface area contributed by atoms with Crippen molar-refractivity contribution in [2.75, 3.05) is 29.7 Å². The molecule has 0 aliphatic carbocycles. The predicted molar refractivity (Wildman–Crippen MR) is 69.1 cm³/mol. The fourth-order valence-corrected chi connectivity index (χ4v) is 2.57. The van der Waals surface area contributed by atoms with Gasteiger partial charge >= 0.3 is 0 Å². The number of hydrogen-bond acceptors (Lipinski definition) is 6. The lowest BCUT2D eigenvalue weighted by Gasteiger charge is -2.16. The highest BCUT2D eigenvalue weighted by Gasteiger charge is 2.13. The van der Waals surface area contributed by atoms with E-state index in [1.807, 2.05) is 13.8 Å². The molecule has 17 heavy (non-hydrogen) atoms. The molecule has 1 heterocycles. The second-order valence-electron chi connectivity index (χ2n) is 4.08. The van der Waals surface area contributed by atoms with Gasteiger partial charge < -0.3 is 10.6 Å². The maximum absolute atomic E-state index is 11.2. The normalized spacial score (nSPS) is 13.2. The van der Waals surface area contributed by atoms with Crippen molar-refractivity contribution in [2.24, 2.45) is 0 Å². The minimum Gasteiger partial charge on any atom is -0.373 e. The lowest BCUT2D eigenvalue weighted by atomic mass is 10.3. The first-order valence-electron chi connectivity index (χ1n) is 5.27. The van der Waals surface area contributed by atoms with Crippen molar-refractivity contribution in [3.8, 4) is 0 Å². The maximum Gasteiger partial charge on any atom is 0.149 e. The molecule has 0 spiro atoms. The molecular formula is C10H18N4O2S. The fourth-order valence-electron chi connectivity index (χ4n) is 1.58. The summed E-state index contributed by atoms with van der Waals surface area (Å²) in [4.78, 5) is 8.16. The van der Waals surface area contributed by atoms with Gasteiger partial charge in [-0.15, -0.1) is 0 Å². The predicted octanol–water partition coefficient (Wildman–Crippen LogP) is 0.672. The SMILES string of the molecule is CNc1ncnc(NC(C)CS(C)(=O)=O)c1C. The summed E-state index contributed by atoms with van der Waals surface area (Å²) >= 11 is 0. The number of nitrogens with zero attached hydrogens (tertiary/aromatic N) is 2. The second kappa shape index (κ2) is 5.31. The lowest BCUT2D eigenvalue weighted by molar-refractivity contribution is 0.598. The van der Waals surface area contributed by atoms with Crippen molar-refractivity contribution in [1.82, 2.24) is 9.97 Å². The molecule has 1 unspecified atom stereocenters. The zero-order valence-electron chi connectivity index (χ0n) is 10.5. The Bertz CT molecular complexity index is 487. The lowest BCUT2D eigenvalue weighted by Crippen LogP contribution is -2.26. The van der Waals surface area contributed by atoms with E-state index in [-0.39, 0.29) is 11.8 Å². The molecule has 1 rings (SSSR count). The number of sulfone groups is 1. The average Bonchev–Trinajstić information content (AvgIpc) is 2.18. The molecule has 0 saturated heterocycles. The molecule has 0 aliphatic rings. The zero-order chi connectivity index (χ0) is 13.1. The maximum atomic E-state index is 11.2. The molecule has 0 aromatic carbocycles. The Morgan fingerprint density at radius 1 is 1.35 bits per heavy atom. The van der Waals surface area contributed by atoms with Crippen LogP contribution in [0.25, 0.3) is 0 Å². The summed E-state index contributed by atoms with van der Waals surface area (Å²) in [6.45, 7) is 3.68. The molecule has 0 fully saturated rings. The van der Waals surface area contributed by atoms with Gasteiger partial charge in [0.2, 0.25) is 0 Å². The van der Waals surface area contributed by atoms with Crippen LogP contribution in [-0.2, 0) is 9.84 Å². The molecule has 0 radical (unpaired) electrons. The molecule has 7 heteroatoms. The second-order valence-corrected chi connectivity index (χ2v) is 6.27. The first-order valence-corrected chi connectivity index (χ1v) is 7.33. The Kier molecular flexibility index (Phi) is 4.28. The van der Waals surface area contributed by atoms with Crippen LogP contribution in [0.2, 0.25) is 0 Å². The summed E-state index contributed by atoms with van der Waals surface area (Å²) in [6.07, 6.45) is 2.66. The van der Waals surface area contributed by atoms with Gasteiger partial charge in [-0.05, 0) is 13.8 Å². The van der Waals surface area contributed by atoms with Crippen molar-refractivity contribution in [2.45, 2.75) is 19.9 Å². The molecule has 0 bridgehead atoms. The Hall–Kier alpha value is -1.37. The van der Waals surface area contributed by atoms with E-state index in [2.05, 4.69) is 20.6 Å². The summed E-state index contributed by atoms with van der Waals surface area (Å²) in [7, 11) is -1.22. The smallest absolute Gasteiger partial charge is 0.149 e. The standard InChI is InChI=1S/C10H18N4O2S/c1-7(5-17(4,15)16)14-10-8(2)9(11-3)12-6-13-10/h6-7H,5H2,1-4H3,(H2,11,12,13,14). The summed E-state index contributed by atoms with van der Waals surface area (Å²) in [5.74, 6) is 1.46. The van der Waals surface area contributed by atoms with Crippen LogP contribution in [0, 0.1) is 6.92 Å². The first kappa shape index (κ1) is 13.7. The van der Waals surface area contributed by atoms with Crippen LogP contribution in [0.4, 0.5) is 11.6 Å². The Morgan fingerprint density at radius 3 is 2.47 bits per heavy atom. The summed E-state index contributed by atoms with van der Waals surface area (Å²) in [6, 6.07) is -0.191. The number of nitrogens with one attached hydrogen (secondary N) is 2. The third-order valence-electron chi connectivity index (χ3n) is 2.26. The number of anilines is 2. The summed E-state index contributed by atoms with van der Waals surface area (Å²) in [5.41, 5.74) is 0.871. The van der Waals surface area contributed by atoms with Crippen molar-refractivity contribution in [1.29, 1.82) is 0 Å².